The summed E-state index contributed by atoms with van der Waals surface area (Å²) in [6.45, 7) is 5.16. The molecule has 0 saturated carbocycles. The minimum absolute atomic E-state index is 0.0638. The quantitative estimate of drug-likeness (QED) is 0.776. The summed E-state index contributed by atoms with van der Waals surface area (Å²) in [6, 6.07) is 10.4. The number of benzene rings is 1. The van der Waals surface area contributed by atoms with E-state index >= 15 is 0 Å². The summed E-state index contributed by atoms with van der Waals surface area (Å²) >= 11 is 0. The van der Waals surface area contributed by atoms with E-state index in [2.05, 4.69) is 40.7 Å². The van der Waals surface area contributed by atoms with Gasteiger partial charge in [0, 0.05) is 24.5 Å². The number of unbranched alkanes of at least 4 members (excludes halogenated alkanes) is 1. The van der Waals surface area contributed by atoms with Crippen LogP contribution in [0, 0.1) is 0 Å². The standard InChI is InChI=1S/C18H22N4/c1-3-4-10-22-17-8-7-14(15-6-5-9-20-12-15)11-16(17)21-18(22)13(2)19/h5-9,11-13H,3-4,10,19H2,1-2H3. The van der Waals surface area contributed by atoms with E-state index in [1.54, 1.807) is 6.20 Å². The SMILES string of the molecule is CCCCn1c(C(C)N)nc2cc(-c3cccnc3)ccc21. The van der Waals surface area contributed by atoms with Gasteiger partial charge in [-0.2, -0.15) is 0 Å². The van der Waals surface area contributed by atoms with Crippen LogP contribution in [0.3, 0.4) is 0 Å². The van der Waals surface area contributed by atoms with Gasteiger partial charge in [-0.3, -0.25) is 4.98 Å². The highest BCUT2D eigenvalue weighted by Gasteiger charge is 2.14. The third-order valence-corrected chi connectivity index (χ3v) is 3.92. The predicted octanol–water partition coefficient (Wildman–Crippen LogP) is 3.92. The Morgan fingerprint density at radius 3 is 2.77 bits per heavy atom. The van der Waals surface area contributed by atoms with Crippen LogP contribution in [0.15, 0.2) is 42.7 Å². The van der Waals surface area contributed by atoms with Crippen LogP contribution < -0.4 is 5.73 Å². The van der Waals surface area contributed by atoms with Crippen LogP contribution in [0.1, 0.15) is 38.6 Å². The van der Waals surface area contributed by atoms with Gasteiger partial charge in [0.2, 0.25) is 0 Å². The second kappa shape index (κ2) is 6.28. The minimum Gasteiger partial charge on any atom is -0.327 e. The molecule has 1 unspecified atom stereocenters. The largest absolute Gasteiger partial charge is 0.327 e. The highest BCUT2D eigenvalue weighted by atomic mass is 15.1. The Hall–Kier alpha value is -2.20. The van der Waals surface area contributed by atoms with Crippen molar-refractivity contribution < 1.29 is 0 Å². The van der Waals surface area contributed by atoms with Gasteiger partial charge in [-0.1, -0.05) is 25.5 Å². The van der Waals surface area contributed by atoms with Gasteiger partial charge in [-0.05, 0) is 37.1 Å². The maximum Gasteiger partial charge on any atom is 0.126 e. The first-order valence-corrected chi connectivity index (χ1v) is 7.87. The molecule has 2 aromatic heterocycles. The molecule has 4 nitrogen and oxygen atoms in total. The molecule has 1 aromatic carbocycles. The van der Waals surface area contributed by atoms with Gasteiger partial charge >= 0.3 is 0 Å². The lowest BCUT2D eigenvalue weighted by atomic mass is 10.1. The second-order valence-corrected chi connectivity index (χ2v) is 5.71. The van der Waals surface area contributed by atoms with E-state index in [4.69, 9.17) is 10.7 Å². The number of nitrogens with two attached hydrogens (primary N) is 1. The summed E-state index contributed by atoms with van der Waals surface area (Å²) in [5.74, 6) is 0.965. The monoisotopic (exact) mass is 294 g/mol. The van der Waals surface area contributed by atoms with E-state index in [-0.39, 0.29) is 6.04 Å². The number of aromatic nitrogens is 3. The van der Waals surface area contributed by atoms with E-state index in [0.717, 1.165) is 47.4 Å². The van der Waals surface area contributed by atoms with E-state index in [0.29, 0.717) is 0 Å². The van der Waals surface area contributed by atoms with Crippen molar-refractivity contribution >= 4 is 11.0 Å². The molecule has 0 aliphatic rings. The summed E-state index contributed by atoms with van der Waals surface area (Å²) in [5.41, 5.74) is 10.5. The molecule has 22 heavy (non-hydrogen) atoms. The fourth-order valence-electron chi connectivity index (χ4n) is 2.76. The van der Waals surface area contributed by atoms with Crippen LogP contribution in [0.25, 0.3) is 22.2 Å². The number of rotatable bonds is 5. The van der Waals surface area contributed by atoms with Gasteiger partial charge in [-0.25, -0.2) is 4.98 Å². The van der Waals surface area contributed by atoms with Crippen molar-refractivity contribution in [3.63, 3.8) is 0 Å². The minimum atomic E-state index is -0.0638. The summed E-state index contributed by atoms with van der Waals surface area (Å²) in [6.07, 6.45) is 5.96. The molecule has 0 saturated heterocycles. The highest BCUT2D eigenvalue weighted by Crippen LogP contribution is 2.26. The van der Waals surface area contributed by atoms with Gasteiger partial charge < -0.3 is 10.3 Å². The highest BCUT2D eigenvalue weighted by molar-refractivity contribution is 5.82. The molecule has 0 amide bonds. The Labute approximate surface area is 131 Å². The maximum atomic E-state index is 6.11. The molecule has 2 N–H and O–H groups in total. The van der Waals surface area contributed by atoms with E-state index in [1.807, 2.05) is 19.2 Å². The lowest BCUT2D eigenvalue weighted by Crippen LogP contribution is -2.13. The zero-order valence-corrected chi connectivity index (χ0v) is 13.2. The summed E-state index contributed by atoms with van der Waals surface area (Å²) in [4.78, 5) is 8.96. The molecule has 3 aromatic rings. The van der Waals surface area contributed by atoms with Gasteiger partial charge in [0.1, 0.15) is 5.82 Å². The molecule has 4 heteroatoms. The normalized spacial score (nSPS) is 12.7. The van der Waals surface area contributed by atoms with Gasteiger partial charge in [0.15, 0.2) is 0 Å². The molecule has 3 rings (SSSR count). The Morgan fingerprint density at radius 1 is 1.23 bits per heavy atom. The third kappa shape index (κ3) is 2.74. The number of pyridine rings is 1. The predicted molar refractivity (Wildman–Crippen MR) is 90.5 cm³/mol. The molecule has 0 radical (unpaired) electrons. The number of hydrogen-bond acceptors (Lipinski definition) is 3. The van der Waals surface area contributed by atoms with E-state index < -0.39 is 0 Å². The molecule has 2 heterocycles. The van der Waals surface area contributed by atoms with E-state index in [1.165, 1.54) is 0 Å². The van der Waals surface area contributed by atoms with Gasteiger partial charge in [-0.15, -0.1) is 0 Å². The number of aryl methyl sites for hydroxylation is 1. The Morgan fingerprint density at radius 2 is 2.09 bits per heavy atom. The third-order valence-electron chi connectivity index (χ3n) is 3.92. The number of hydrogen-bond donors (Lipinski definition) is 1. The Bertz CT molecular complexity index is 759. The molecule has 1 atom stereocenters. The van der Waals surface area contributed by atoms with Crippen LogP contribution in [-0.4, -0.2) is 14.5 Å². The van der Waals surface area contributed by atoms with Crippen LogP contribution in [0.5, 0.6) is 0 Å². The number of imidazole rings is 1. The lowest BCUT2D eigenvalue weighted by Gasteiger charge is -2.10. The fourth-order valence-corrected chi connectivity index (χ4v) is 2.76. The van der Waals surface area contributed by atoms with Crippen molar-refractivity contribution in [2.45, 2.75) is 39.3 Å². The average Bonchev–Trinajstić information content (AvgIpc) is 2.91. The molecule has 0 fully saturated rings. The fraction of sp³-hybridized carbons (Fsp3) is 0.333. The summed E-state index contributed by atoms with van der Waals surface area (Å²) in [5, 5.41) is 0. The van der Waals surface area contributed by atoms with Crippen LogP contribution >= 0.6 is 0 Å². The molecule has 0 bridgehead atoms. The number of fused-ring (bicyclic) bond motifs is 1. The zero-order chi connectivity index (χ0) is 15.5. The average molecular weight is 294 g/mol. The van der Waals surface area contributed by atoms with Crippen molar-refractivity contribution in [3.05, 3.63) is 48.5 Å². The van der Waals surface area contributed by atoms with Crippen molar-refractivity contribution in [1.29, 1.82) is 0 Å². The Balaban J connectivity index is 2.09. The first-order valence-electron chi connectivity index (χ1n) is 7.87. The summed E-state index contributed by atoms with van der Waals surface area (Å²) < 4.78 is 2.26. The molecule has 0 aliphatic heterocycles. The first-order chi connectivity index (χ1) is 10.7. The molecular weight excluding hydrogens is 272 g/mol. The topological polar surface area (TPSA) is 56.7 Å². The summed E-state index contributed by atoms with van der Waals surface area (Å²) in [7, 11) is 0. The van der Waals surface area contributed by atoms with Crippen molar-refractivity contribution in [3.8, 4) is 11.1 Å². The second-order valence-electron chi connectivity index (χ2n) is 5.71. The van der Waals surface area contributed by atoms with Crippen LogP contribution in [0.2, 0.25) is 0 Å². The maximum absolute atomic E-state index is 6.11. The molecule has 0 spiro atoms. The van der Waals surface area contributed by atoms with Gasteiger partial charge in [0.05, 0.1) is 17.1 Å². The zero-order valence-electron chi connectivity index (χ0n) is 13.2. The van der Waals surface area contributed by atoms with Crippen molar-refractivity contribution in [1.82, 2.24) is 14.5 Å². The van der Waals surface area contributed by atoms with Crippen LogP contribution in [0.4, 0.5) is 0 Å². The molecule has 114 valence electrons. The van der Waals surface area contributed by atoms with E-state index in [9.17, 15) is 0 Å². The Kier molecular flexibility index (Phi) is 4.20. The lowest BCUT2D eigenvalue weighted by molar-refractivity contribution is 0.588. The van der Waals surface area contributed by atoms with Crippen LogP contribution in [-0.2, 0) is 6.54 Å². The number of nitrogens with zero attached hydrogens (tertiary/aromatic N) is 3. The smallest absolute Gasteiger partial charge is 0.126 e. The van der Waals surface area contributed by atoms with Gasteiger partial charge in [0.25, 0.3) is 0 Å². The molecular formula is C18H22N4. The van der Waals surface area contributed by atoms with Crippen molar-refractivity contribution in [2.75, 3.05) is 0 Å². The molecule has 0 aliphatic carbocycles. The first kappa shape index (κ1) is 14.7. The van der Waals surface area contributed by atoms with Crippen molar-refractivity contribution in [2.24, 2.45) is 5.73 Å².